The Morgan fingerprint density at radius 3 is 1.53 bits per heavy atom. The van der Waals surface area contributed by atoms with Crippen LogP contribution in [0.3, 0.4) is 0 Å². The second kappa shape index (κ2) is 8.03. The Balaban J connectivity index is 1.85. The number of amides is 2. The number of carbonyl (C=O) groups is 3. The van der Waals surface area contributed by atoms with Crippen LogP contribution in [-0.2, 0) is 30.3 Å². The van der Waals surface area contributed by atoms with Gasteiger partial charge in [-0.05, 0) is 36.4 Å². The van der Waals surface area contributed by atoms with Crippen LogP contribution >= 0.6 is 0 Å². The van der Waals surface area contributed by atoms with Crippen molar-refractivity contribution >= 4 is 29.3 Å². The number of nitrogens with zero attached hydrogens (tertiary/aromatic N) is 4. The van der Waals surface area contributed by atoms with Gasteiger partial charge in [0.05, 0.1) is 34.7 Å². The molecule has 0 radical (unpaired) electrons. The SMILES string of the molecule is C=C(C#N)C1(OC(=O)OC2(C(=C)C#N)C(=O)N(C)c3ccc(F)cc32)C(=O)N(C)c2ccc(F)cc21. The van der Waals surface area contributed by atoms with Crippen LogP contribution in [0.4, 0.5) is 25.0 Å². The highest BCUT2D eigenvalue weighted by Gasteiger charge is 2.60. The number of hydrogen-bond donors (Lipinski definition) is 0. The third-order valence-electron chi connectivity index (χ3n) is 6.20. The lowest BCUT2D eigenvalue weighted by Gasteiger charge is -2.31. The van der Waals surface area contributed by atoms with Crippen molar-refractivity contribution in [1.29, 1.82) is 10.5 Å². The lowest BCUT2D eigenvalue weighted by atomic mass is 9.88. The highest BCUT2D eigenvalue weighted by Crippen LogP contribution is 2.49. The van der Waals surface area contributed by atoms with Gasteiger partial charge in [0.1, 0.15) is 11.6 Å². The maximum atomic E-state index is 14.2. The minimum Gasteiger partial charge on any atom is -0.407 e. The first kappa shape index (κ1) is 24.1. The molecule has 36 heavy (non-hydrogen) atoms. The number of ether oxygens (including phenoxy) is 2. The van der Waals surface area contributed by atoms with E-state index in [4.69, 9.17) is 9.47 Å². The number of anilines is 2. The van der Waals surface area contributed by atoms with Crippen LogP contribution in [0.15, 0.2) is 60.7 Å². The lowest BCUT2D eigenvalue weighted by molar-refractivity contribution is -0.142. The van der Waals surface area contributed by atoms with Crippen molar-refractivity contribution in [3.63, 3.8) is 0 Å². The Morgan fingerprint density at radius 1 is 0.833 bits per heavy atom. The summed E-state index contributed by atoms with van der Waals surface area (Å²) >= 11 is 0. The van der Waals surface area contributed by atoms with Crippen molar-refractivity contribution in [3.05, 3.63) is 83.5 Å². The van der Waals surface area contributed by atoms with Crippen LogP contribution in [0, 0.1) is 34.3 Å². The van der Waals surface area contributed by atoms with Crippen molar-refractivity contribution in [2.24, 2.45) is 0 Å². The monoisotopic (exact) mass is 490 g/mol. The van der Waals surface area contributed by atoms with E-state index in [-0.39, 0.29) is 22.5 Å². The number of halogens is 2. The molecule has 0 spiro atoms. The summed E-state index contributed by atoms with van der Waals surface area (Å²) in [5.74, 6) is -3.51. The Hall–Kier alpha value is -5.03. The summed E-state index contributed by atoms with van der Waals surface area (Å²) in [6.45, 7) is 7.02. The van der Waals surface area contributed by atoms with Gasteiger partial charge in [-0.1, -0.05) is 13.2 Å². The molecule has 0 aromatic heterocycles. The second-order valence-corrected chi connectivity index (χ2v) is 8.05. The number of likely N-dealkylation sites (N-methyl/N-ethyl adjacent to an activating group) is 2. The molecular weight excluding hydrogens is 474 g/mol. The average molecular weight is 490 g/mol. The molecule has 0 saturated carbocycles. The molecule has 2 atom stereocenters. The summed E-state index contributed by atoms with van der Waals surface area (Å²) in [5, 5.41) is 19.1. The summed E-state index contributed by atoms with van der Waals surface area (Å²) in [7, 11) is 2.63. The van der Waals surface area contributed by atoms with Crippen LogP contribution in [0.2, 0.25) is 0 Å². The molecule has 2 amide bonds. The maximum Gasteiger partial charge on any atom is 0.511 e. The molecule has 0 bridgehead atoms. The Morgan fingerprint density at radius 2 is 1.19 bits per heavy atom. The number of hydrogen-bond acceptors (Lipinski definition) is 7. The van der Waals surface area contributed by atoms with Gasteiger partial charge in [-0.2, -0.15) is 10.5 Å². The highest BCUT2D eigenvalue weighted by atomic mass is 19.1. The van der Waals surface area contributed by atoms with Gasteiger partial charge < -0.3 is 19.3 Å². The molecule has 11 heteroatoms. The molecule has 2 aromatic carbocycles. The molecule has 2 aromatic rings. The van der Waals surface area contributed by atoms with Crippen molar-refractivity contribution in [2.75, 3.05) is 23.9 Å². The molecular formula is C25H16F2N4O5. The van der Waals surface area contributed by atoms with E-state index in [9.17, 15) is 33.7 Å². The van der Waals surface area contributed by atoms with E-state index in [1.807, 2.05) is 0 Å². The first-order valence-electron chi connectivity index (χ1n) is 10.2. The van der Waals surface area contributed by atoms with E-state index in [0.29, 0.717) is 0 Å². The summed E-state index contributed by atoms with van der Waals surface area (Å²) in [6, 6.07) is 9.72. The summed E-state index contributed by atoms with van der Waals surface area (Å²) in [4.78, 5) is 41.8. The largest absolute Gasteiger partial charge is 0.511 e. The smallest absolute Gasteiger partial charge is 0.407 e. The van der Waals surface area contributed by atoms with Crippen molar-refractivity contribution < 1.29 is 32.6 Å². The highest BCUT2D eigenvalue weighted by molar-refractivity contribution is 6.11. The topological polar surface area (TPSA) is 124 Å². The lowest BCUT2D eigenvalue weighted by Crippen LogP contribution is -2.47. The van der Waals surface area contributed by atoms with Gasteiger partial charge in [0, 0.05) is 25.2 Å². The zero-order chi connectivity index (χ0) is 26.6. The first-order valence-corrected chi connectivity index (χ1v) is 10.2. The van der Waals surface area contributed by atoms with Crippen molar-refractivity contribution in [1.82, 2.24) is 0 Å². The summed E-state index contributed by atoms with van der Waals surface area (Å²) < 4.78 is 39.0. The zero-order valence-corrected chi connectivity index (χ0v) is 19.0. The fraction of sp³-hybridized carbons (Fsp3) is 0.160. The van der Waals surface area contributed by atoms with E-state index in [0.717, 1.165) is 34.1 Å². The number of nitriles is 2. The van der Waals surface area contributed by atoms with Crippen LogP contribution < -0.4 is 9.80 Å². The fourth-order valence-corrected chi connectivity index (χ4v) is 4.42. The maximum absolute atomic E-state index is 14.2. The number of carbonyl (C=O) groups excluding carboxylic acids is 3. The molecule has 4 rings (SSSR count). The minimum absolute atomic E-state index is 0.130. The third kappa shape index (κ3) is 3.00. The van der Waals surface area contributed by atoms with Gasteiger partial charge >= 0.3 is 6.16 Å². The normalized spacial score (nSPS) is 21.8. The van der Waals surface area contributed by atoms with Gasteiger partial charge in [0.25, 0.3) is 23.0 Å². The molecule has 2 heterocycles. The summed E-state index contributed by atoms with van der Waals surface area (Å²) in [6.07, 6.45) is -1.69. The van der Waals surface area contributed by atoms with E-state index < -0.39 is 52.0 Å². The molecule has 0 saturated heterocycles. The predicted octanol–water partition coefficient (Wildman–Crippen LogP) is 3.32. The fourth-order valence-electron chi connectivity index (χ4n) is 4.42. The first-order chi connectivity index (χ1) is 16.9. The second-order valence-electron chi connectivity index (χ2n) is 8.05. The molecule has 2 unspecified atom stereocenters. The number of benzene rings is 2. The molecule has 0 aliphatic carbocycles. The molecule has 0 N–H and O–H groups in total. The van der Waals surface area contributed by atoms with Gasteiger partial charge in [-0.25, -0.2) is 13.6 Å². The Labute approximate surface area is 203 Å². The van der Waals surface area contributed by atoms with Crippen LogP contribution in [0.25, 0.3) is 0 Å². The molecule has 0 fully saturated rings. The van der Waals surface area contributed by atoms with Crippen LogP contribution in [0.1, 0.15) is 11.1 Å². The summed E-state index contributed by atoms with van der Waals surface area (Å²) in [5.41, 5.74) is -6.33. The van der Waals surface area contributed by atoms with E-state index in [1.165, 1.54) is 26.2 Å². The molecule has 2 aliphatic rings. The molecule has 2 aliphatic heterocycles. The van der Waals surface area contributed by atoms with Gasteiger partial charge in [0.15, 0.2) is 0 Å². The minimum atomic E-state index is -2.52. The zero-order valence-electron chi connectivity index (χ0n) is 19.0. The van der Waals surface area contributed by atoms with Gasteiger partial charge in [-0.3, -0.25) is 9.59 Å². The van der Waals surface area contributed by atoms with E-state index in [2.05, 4.69) is 13.2 Å². The predicted molar refractivity (Wildman–Crippen MR) is 120 cm³/mol. The third-order valence-corrected chi connectivity index (χ3v) is 6.20. The van der Waals surface area contributed by atoms with Crippen LogP contribution in [-0.4, -0.2) is 32.1 Å². The molecule has 180 valence electrons. The van der Waals surface area contributed by atoms with Gasteiger partial charge in [-0.15, -0.1) is 0 Å². The van der Waals surface area contributed by atoms with Gasteiger partial charge in [0.2, 0.25) is 0 Å². The number of fused-ring (bicyclic) bond motifs is 2. The van der Waals surface area contributed by atoms with E-state index >= 15 is 0 Å². The standard InChI is InChI=1S/C25H16F2N4O5/c1-13(11-28)24(17-9-15(26)5-7-19(17)30(3)21(24)32)35-23(34)36-25(14(2)12-29)18-10-16(27)6-8-20(18)31(4)22(25)33/h5-10H,1-2H2,3-4H3. The van der Waals surface area contributed by atoms with E-state index in [1.54, 1.807) is 12.1 Å². The van der Waals surface area contributed by atoms with Crippen molar-refractivity contribution in [3.8, 4) is 12.1 Å². The Kier molecular flexibility index (Phi) is 5.38. The van der Waals surface area contributed by atoms with Crippen molar-refractivity contribution in [2.45, 2.75) is 11.2 Å². The quantitative estimate of drug-likeness (QED) is 0.476. The van der Waals surface area contributed by atoms with Crippen LogP contribution in [0.5, 0.6) is 0 Å². The Bertz CT molecular complexity index is 1380. The number of rotatable bonds is 4. The average Bonchev–Trinajstić information content (AvgIpc) is 3.19. The molecule has 9 nitrogen and oxygen atoms in total.